The molecule has 0 radical (unpaired) electrons. The SMILES string of the molecule is CN(C)C[C@H]1[C@H]2C[C@H](CN(C(=O)CC[C@@H]3NC(=O)NC3=O)C2)c2cccc(=O)n21. The van der Waals surface area contributed by atoms with Gasteiger partial charge in [0, 0.05) is 43.7 Å². The first-order chi connectivity index (χ1) is 13.8. The van der Waals surface area contributed by atoms with E-state index in [1.54, 1.807) is 12.1 Å². The molecule has 4 heterocycles. The van der Waals surface area contributed by atoms with E-state index in [1.807, 2.05) is 29.6 Å². The van der Waals surface area contributed by atoms with E-state index in [1.165, 1.54) is 0 Å². The zero-order chi connectivity index (χ0) is 20.7. The van der Waals surface area contributed by atoms with E-state index in [4.69, 9.17) is 0 Å². The number of carbonyl (C=O) groups is 3. The molecule has 9 nitrogen and oxygen atoms in total. The van der Waals surface area contributed by atoms with Crippen molar-refractivity contribution >= 4 is 17.8 Å². The van der Waals surface area contributed by atoms with E-state index in [0.717, 1.165) is 18.7 Å². The highest BCUT2D eigenvalue weighted by Gasteiger charge is 2.42. The average molecular weight is 401 g/mol. The maximum Gasteiger partial charge on any atom is 0.322 e. The lowest BCUT2D eigenvalue weighted by molar-refractivity contribution is -0.134. The van der Waals surface area contributed by atoms with Gasteiger partial charge in [0.05, 0.1) is 6.04 Å². The minimum absolute atomic E-state index is 0.0102. The number of imide groups is 1. The van der Waals surface area contributed by atoms with Gasteiger partial charge in [-0.1, -0.05) is 6.07 Å². The molecule has 1 aromatic rings. The lowest BCUT2D eigenvalue weighted by Crippen LogP contribution is -2.53. The normalized spacial score (nSPS) is 28.2. The number of nitrogens with zero attached hydrogens (tertiary/aromatic N) is 3. The molecular formula is C20H27N5O4. The largest absolute Gasteiger partial charge is 0.342 e. The highest BCUT2D eigenvalue weighted by molar-refractivity contribution is 6.04. The van der Waals surface area contributed by atoms with Gasteiger partial charge >= 0.3 is 6.03 Å². The summed E-state index contributed by atoms with van der Waals surface area (Å²) >= 11 is 0. The molecule has 0 unspecified atom stereocenters. The van der Waals surface area contributed by atoms with Gasteiger partial charge in [-0.3, -0.25) is 19.7 Å². The van der Waals surface area contributed by atoms with Crippen LogP contribution in [-0.4, -0.2) is 72.0 Å². The van der Waals surface area contributed by atoms with E-state index in [-0.39, 0.29) is 41.7 Å². The van der Waals surface area contributed by atoms with E-state index in [0.29, 0.717) is 19.5 Å². The van der Waals surface area contributed by atoms with Gasteiger partial charge < -0.3 is 19.7 Å². The van der Waals surface area contributed by atoms with Gasteiger partial charge in [0.15, 0.2) is 0 Å². The Balaban J connectivity index is 1.50. The van der Waals surface area contributed by atoms with Gasteiger partial charge in [-0.15, -0.1) is 0 Å². The Labute approximate surface area is 169 Å². The zero-order valence-electron chi connectivity index (χ0n) is 16.8. The van der Waals surface area contributed by atoms with Crippen molar-refractivity contribution in [3.8, 4) is 0 Å². The maximum atomic E-state index is 12.9. The van der Waals surface area contributed by atoms with Crippen molar-refractivity contribution in [1.82, 2.24) is 25.0 Å². The second-order valence-electron chi connectivity index (χ2n) is 8.53. The number of amides is 4. The smallest absolute Gasteiger partial charge is 0.322 e. The average Bonchev–Trinajstić information content (AvgIpc) is 3.00. The summed E-state index contributed by atoms with van der Waals surface area (Å²) in [7, 11) is 3.98. The molecule has 0 aromatic carbocycles. The predicted molar refractivity (Wildman–Crippen MR) is 105 cm³/mol. The fraction of sp³-hybridized carbons (Fsp3) is 0.600. The molecular weight excluding hydrogens is 374 g/mol. The Hall–Kier alpha value is -2.68. The van der Waals surface area contributed by atoms with Crippen LogP contribution in [0.5, 0.6) is 0 Å². The third-order valence-electron chi connectivity index (χ3n) is 6.21. The van der Waals surface area contributed by atoms with Crippen LogP contribution in [0.2, 0.25) is 0 Å². The number of carbonyl (C=O) groups excluding carboxylic acids is 3. The number of rotatable bonds is 5. The summed E-state index contributed by atoms with van der Waals surface area (Å²) < 4.78 is 1.93. The van der Waals surface area contributed by atoms with E-state index >= 15 is 0 Å². The summed E-state index contributed by atoms with van der Waals surface area (Å²) in [4.78, 5) is 52.4. The number of hydrogen-bond donors (Lipinski definition) is 2. The number of likely N-dealkylation sites (tertiary alicyclic amines) is 1. The van der Waals surface area contributed by atoms with Crippen molar-refractivity contribution in [3.05, 3.63) is 34.2 Å². The van der Waals surface area contributed by atoms with Crippen LogP contribution >= 0.6 is 0 Å². The third kappa shape index (κ3) is 3.78. The van der Waals surface area contributed by atoms with Gasteiger partial charge in [-0.2, -0.15) is 0 Å². The first-order valence-electron chi connectivity index (χ1n) is 10.1. The quantitative estimate of drug-likeness (QED) is 0.670. The van der Waals surface area contributed by atoms with Crippen LogP contribution in [0.25, 0.3) is 0 Å². The van der Waals surface area contributed by atoms with Crippen LogP contribution in [-0.2, 0) is 9.59 Å². The van der Waals surface area contributed by atoms with E-state index in [2.05, 4.69) is 15.5 Å². The molecule has 9 heteroatoms. The summed E-state index contributed by atoms with van der Waals surface area (Å²) in [6.07, 6.45) is 1.46. The monoisotopic (exact) mass is 401 g/mol. The number of nitrogens with one attached hydrogen (secondary N) is 2. The first kappa shape index (κ1) is 19.6. The molecule has 2 saturated heterocycles. The Morgan fingerprint density at radius 3 is 2.69 bits per heavy atom. The molecule has 0 saturated carbocycles. The summed E-state index contributed by atoms with van der Waals surface area (Å²) in [5.74, 6) is -0.0386. The molecule has 2 N–H and O–H groups in total. The number of pyridine rings is 1. The lowest BCUT2D eigenvalue weighted by atomic mass is 9.78. The highest BCUT2D eigenvalue weighted by Crippen LogP contribution is 2.41. The molecule has 156 valence electrons. The van der Waals surface area contributed by atoms with Crippen LogP contribution in [0.3, 0.4) is 0 Å². The minimum atomic E-state index is -0.642. The fourth-order valence-electron chi connectivity index (χ4n) is 4.94. The second kappa shape index (κ2) is 7.62. The highest BCUT2D eigenvalue weighted by atomic mass is 16.2. The molecule has 3 aliphatic heterocycles. The van der Waals surface area contributed by atoms with Crippen molar-refractivity contribution in [2.75, 3.05) is 33.7 Å². The van der Waals surface area contributed by atoms with Crippen LogP contribution < -0.4 is 16.2 Å². The van der Waals surface area contributed by atoms with Crippen molar-refractivity contribution in [3.63, 3.8) is 0 Å². The van der Waals surface area contributed by atoms with Crippen LogP contribution in [0.15, 0.2) is 23.0 Å². The molecule has 0 spiro atoms. The topological polar surface area (TPSA) is 104 Å². The Kier molecular flexibility index (Phi) is 5.16. The van der Waals surface area contributed by atoms with Gasteiger partial charge in [0.25, 0.3) is 11.5 Å². The number of hydrogen-bond acceptors (Lipinski definition) is 5. The Morgan fingerprint density at radius 2 is 2.00 bits per heavy atom. The van der Waals surface area contributed by atoms with Crippen LogP contribution in [0.1, 0.15) is 36.9 Å². The van der Waals surface area contributed by atoms with Crippen molar-refractivity contribution in [2.45, 2.75) is 37.3 Å². The second-order valence-corrected chi connectivity index (χ2v) is 8.53. The van der Waals surface area contributed by atoms with Crippen LogP contribution in [0, 0.1) is 5.92 Å². The van der Waals surface area contributed by atoms with Gasteiger partial charge in [0.2, 0.25) is 5.91 Å². The number of aromatic nitrogens is 1. The van der Waals surface area contributed by atoms with E-state index in [9.17, 15) is 19.2 Å². The van der Waals surface area contributed by atoms with Crippen molar-refractivity contribution < 1.29 is 14.4 Å². The summed E-state index contributed by atoms with van der Waals surface area (Å²) in [6.45, 7) is 1.93. The fourth-order valence-corrected chi connectivity index (χ4v) is 4.94. The zero-order valence-corrected chi connectivity index (χ0v) is 16.8. The number of likely N-dealkylation sites (N-methyl/N-ethyl adjacent to an activating group) is 1. The summed E-state index contributed by atoms with van der Waals surface area (Å²) in [5, 5.41) is 4.73. The van der Waals surface area contributed by atoms with E-state index < -0.39 is 12.1 Å². The lowest BCUT2D eigenvalue weighted by Gasteiger charge is -2.47. The number of urea groups is 1. The molecule has 2 bridgehead atoms. The standard InChI is InChI=1S/C20H27N5O4/c1-23(2)11-16-13-8-12(15-4-3-5-18(27)25(15)16)9-24(10-13)17(26)7-6-14-19(28)22-20(29)21-14/h3-5,12-14,16H,6-11H2,1-2H3,(H2,21,22,28,29)/t12-,13+,14+,16+/m1/s1. The molecule has 0 aliphatic carbocycles. The number of fused-ring (bicyclic) bond motifs is 4. The molecule has 4 atom stereocenters. The third-order valence-corrected chi connectivity index (χ3v) is 6.21. The van der Waals surface area contributed by atoms with Crippen molar-refractivity contribution in [1.29, 1.82) is 0 Å². The molecule has 4 rings (SSSR count). The van der Waals surface area contributed by atoms with Crippen LogP contribution in [0.4, 0.5) is 4.79 Å². The predicted octanol–water partition coefficient (Wildman–Crippen LogP) is -0.115. The Bertz CT molecular complexity index is 895. The minimum Gasteiger partial charge on any atom is -0.342 e. The van der Waals surface area contributed by atoms with Gasteiger partial charge in [0.1, 0.15) is 6.04 Å². The summed E-state index contributed by atoms with van der Waals surface area (Å²) in [5.41, 5.74) is 1.02. The number of piperidine rings is 1. The molecule has 29 heavy (non-hydrogen) atoms. The molecule has 2 fully saturated rings. The molecule has 3 aliphatic rings. The first-order valence-corrected chi connectivity index (χ1v) is 10.1. The van der Waals surface area contributed by atoms with Crippen molar-refractivity contribution in [2.24, 2.45) is 5.92 Å². The maximum absolute atomic E-state index is 12.9. The summed E-state index contributed by atoms with van der Waals surface area (Å²) in [6, 6.07) is 4.28. The molecule has 4 amide bonds. The Morgan fingerprint density at radius 1 is 1.21 bits per heavy atom. The van der Waals surface area contributed by atoms with Gasteiger partial charge in [-0.25, -0.2) is 4.79 Å². The molecule has 1 aromatic heterocycles. The van der Waals surface area contributed by atoms with Gasteiger partial charge in [-0.05, 0) is 38.9 Å².